The van der Waals surface area contributed by atoms with Crippen molar-refractivity contribution in [3.05, 3.63) is 0 Å². The van der Waals surface area contributed by atoms with E-state index in [1.807, 2.05) is 11.8 Å². The Kier molecular flexibility index (Phi) is 5.82. The number of aliphatic hydroxyl groups is 1. The van der Waals surface area contributed by atoms with Crippen molar-refractivity contribution in [2.24, 2.45) is 5.92 Å². The topological polar surface area (TPSA) is 32.3 Å². The summed E-state index contributed by atoms with van der Waals surface area (Å²) in [5.74, 6) is 3.27. The quantitative estimate of drug-likeness (QED) is 0.635. The van der Waals surface area contributed by atoms with Crippen LogP contribution in [-0.2, 0) is 0 Å². The lowest BCUT2D eigenvalue weighted by Gasteiger charge is -2.22. The van der Waals surface area contributed by atoms with Gasteiger partial charge in [0.15, 0.2) is 0 Å². The average Bonchev–Trinajstić information content (AvgIpc) is 2.14. The van der Waals surface area contributed by atoms with Crippen LogP contribution in [0.25, 0.3) is 0 Å². The number of rotatable bonds is 5. The summed E-state index contributed by atoms with van der Waals surface area (Å²) in [5, 5.41) is 12.0. The first kappa shape index (κ1) is 10.4. The highest BCUT2D eigenvalue weighted by Gasteiger charge is 2.11. The number of thioether (sulfide) groups is 1. The molecule has 0 spiro atoms. The third-order valence-corrected chi connectivity index (χ3v) is 3.48. The molecule has 1 unspecified atom stereocenters. The summed E-state index contributed by atoms with van der Waals surface area (Å²) >= 11 is 1.98. The van der Waals surface area contributed by atoms with E-state index in [9.17, 15) is 0 Å². The third-order valence-electron chi connectivity index (χ3n) is 2.20. The van der Waals surface area contributed by atoms with Gasteiger partial charge in [0, 0.05) is 6.61 Å². The summed E-state index contributed by atoms with van der Waals surface area (Å²) in [5.41, 5.74) is 0. The summed E-state index contributed by atoms with van der Waals surface area (Å²) < 4.78 is 0. The highest BCUT2D eigenvalue weighted by molar-refractivity contribution is 7.99. The number of piperidine rings is 1. The van der Waals surface area contributed by atoms with Crippen LogP contribution in [0.15, 0.2) is 0 Å². The van der Waals surface area contributed by atoms with Crippen molar-refractivity contribution >= 4 is 11.8 Å². The molecular weight excluding hydrogens is 170 g/mol. The van der Waals surface area contributed by atoms with Crippen LogP contribution < -0.4 is 5.32 Å². The standard InChI is InChI=1S/C9H19NOS/c11-5-2-6-12-8-9-3-1-4-10-7-9/h9-11H,1-8H2. The van der Waals surface area contributed by atoms with Gasteiger partial charge < -0.3 is 10.4 Å². The minimum absolute atomic E-state index is 0.343. The van der Waals surface area contributed by atoms with Crippen molar-refractivity contribution in [1.29, 1.82) is 0 Å². The van der Waals surface area contributed by atoms with Crippen LogP contribution in [0.5, 0.6) is 0 Å². The predicted molar refractivity (Wildman–Crippen MR) is 54.6 cm³/mol. The van der Waals surface area contributed by atoms with Gasteiger partial charge in [-0.05, 0) is 49.8 Å². The molecule has 0 aliphatic carbocycles. The van der Waals surface area contributed by atoms with E-state index in [1.54, 1.807) is 0 Å². The Morgan fingerprint density at radius 3 is 3.08 bits per heavy atom. The van der Waals surface area contributed by atoms with Crippen LogP contribution in [0.2, 0.25) is 0 Å². The molecule has 0 saturated carbocycles. The fourth-order valence-electron chi connectivity index (χ4n) is 1.48. The molecule has 3 heteroatoms. The van der Waals surface area contributed by atoms with Gasteiger partial charge in [0.1, 0.15) is 0 Å². The number of aliphatic hydroxyl groups excluding tert-OH is 1. The molecule has 1 rings (SSSR count). The largest absolute Gasteiger partial charge is 0.396 e. The van der Waals surface area contributed by atoms with Gasteiger partial charge in [-0.3, -0.25) is 0 Å². The van der Waals surface area contributed by atoms with Crippen molar-refractivity contribution < 1.29 is 5.11 Å². The molecule has 0 radical (unpaired) electrons. The molecule has 1 fully saturated rings. The van der Waals surface area contributed by atoms with Crippen molar-refractivity contribution in [2.75, 3.05) is 31.2 Å². The van der Waals surface area contributed by atoms with Gasteiger partial charge in [-0.15, -0.1) is 0 Å². The first-order valence-electron chi connectivity index (χ1n) is 4.83. The number of nitrogens with one attached hydrogen (secondary N) is 1. The second kappa shape index (κ2) is 6.75. The van der Waals surface area contributed by atoms with Gasteiger partial charge in [0.25, 0.3) is 0 Å². The SMILES string of the molecule is OCCCSCC1CCCNC1. The van der Waals surface area contributed by atoms with Crippen molar-refractivity contribution in [3.63, 3.8) is 0 Å². The third kappa shape index (κ3) is 4.33. The average molecular weight is 189 g/mol. The Balaban J connectivity index is 1.91. The molecule has 0 aromatic carbocycles. The maximum atomic E-state index is 8.58. The maximum absolute atomic E-state index is 8.58. The monoisotopic (exact) mass is 189 g/mol. The maximum Gasteiger partial charge on any atom is 0.0438 e. The molecule has 1 saturated heterocycles. The van der Waals surface area contributed by atoms with Crippen LogP contribution in [0.4, 0.5) is 0 Å². The molecule has 12 heavy (non-hydrogen) atoms. The van der Waals surface area contributed by atoms with Crippen LogP contribution in [0, 0.1) is 5.92 Å². The molecule has 0 amide bonds. The van der Waals surface area contributed by atoms with Crippen molar-refractivity contribution in [3.8, 4) is 0 Å². The highest BCUT2D eigenvalue weighted by Crippen LogP contribution is 2.16. The van der Waals surface area contributed by atoms with Gasteiger partial charge in [-0.1, -0.05) is 0 Å². The van der Waals surface area contributed by atoms with Crippen LogP contribution in [-0.4, -0.2) is 36.3 Å². The minimum atomic E-state index is 0.343. The summed E-state index contributed by atoms with van der Waals surface area (Å²) in [4.78, 5) is 0. The zero-order chi connectivity index (χ0) is 8.65. The second-order valence-electron chi connectivity index (χ2n) is 3.36. The van der Waals surface area contributed by atoms with E-state index >= 15 is 0 Å². The first-order chi connectivity index (χ1) is 5.93. The summed E-state index contributed by atoms with van der Waals surface area (Å²) in [6.45, 7) is 2.75. The minimum Gasteiger partial charge on any atom is -0.396 e. The highest BCUT2D eigenvalue weighted by atomic mass is 32.2. The second-order valence-corrected chi connectivity index (χ2v) is 4.51. The zero-order valence-corrected chi connectivity index (χ0v) is 8.41. The van der Waals surface area contributed by atoms with Crippen molar-refractivity contribution in [2.45, 2.75) is 19.3 Å². The Bertz CT molecular complexity index is 105. The fourth-order valence-corrected chi connectivity index (χ4v) is 2.60. The molecule has 2 nitrogen and oxygen atoms in total. The lowest BCUT2D eigenvalue weighted by molar-refractivity contribution is 0.296. The zero-order valence-electron chi connectivity index (χ0n) is 7.59. The van der Waals surface area contributed by atoms with Gasteiger partial charge >= 0.3 is 0 Å². The Hall–Kier alpha value is 0.270. The van der Waals surface area contributed by atoms with Crippen LogP contribution >= 0.6 is 11.8 Å². The molecule has 0 aromatic rings. The molecule has 1 atom stereocenters. The smallest absolute Gasteiger partial charge is 0.0438 e. The molecule has 1 heterocycles. The van der Waals surface area contributed by atoms with Crippen LogP contribution in [0.1, 0.15) is 19.3 Å². The fraction of sp³-hybridized carbons (Fsp3) is 1.00. The molecule has 1 aliphatic heterocycles. The Morgan fingerprint density at radius 1 is 1.50 bits per heavy atom. The van der Waals surface area contributed by atoms with E-state index in [4.69, 9.17) is 5.11 Å². The summed E-state index contributed by atoms with van der Waals surface area (Å²) in [7, 11) is 0. The van der Waals surface area contributed by atoms with E-state index in [2.05, 4.69) is 5.32 Å². The Labute approximate surface area is 79.1 Å². The summed E-state index contributed by atoms with van der Waals surface area (Å²) in [6.07, 6.45) is 3.68. The molecular formula is C9H19NOS. The number of hydrogen-bond donors (Lipinski definition) is 2. The molecule has 0 bridgehead atoms. The van der Waals surface area contributed by atoms with E-state index < -0.39 is 0 Å². The Morgan fingerprint density at radius 2 is 2.42 bits per heavy atom. The van der Waals surface area contributed by atoms with Crippen LogP contribution in [0.3, 0.4) is 0 Å². The molecule has 1 aliphatic rings. The van der Waals surface area contributed by atoms with Gasteiger partial charge in [0.05, 0.1) is 0 Å². The van der Waals surface area contributed by atoms with Gasteiger partial charge in [-0.25, -0.2) is 0 Å². The lowest BCUT2D eigenvalue weighted by atomic mass is 10.0. The van der Waals surface area contributed by atoms with E-state index in [0.717, 1.165) is 18.1 Å². The van der Waals surface area contributed by atoms with Gasteiger partial charge in [0.2, 0.25) is 0 Å². The molecule has 72 valence electrons. The van der Waals surface area contributed by atoms with Crippen molar-refractivity contribution in [1.82, 2.24) is 5.32 Å². The van der Waals surface area contributed by atoms with E-state index in [-0.39, 0.29) is 0 Å². The lowest BCUT2D eigenvalue weighted by Crippen LogP contribution is -2.31. The number of hydrogen-bond acceptors (Lipinski definition) is 3. The first-order valence-corrected chi connectivity index (χ1v) is 5.98. The normalized spacial score (nSPS) is 24.2. The molecule has 2 N–H and O–H groups in total. The molecule has 0 aromatic heterocycles. The predicted octanol–water partition coefficient (Wildman–Crippen LogP) is 1.10. The van der Waals surface area contributed by atoms with E-state index in [1.165, 1.54) is 31.7 Å². The van der Waals surface area contributed by atoms with E-state index in [0.29, 0.717) is 6.61 Å². The van der Waals surface area contributed by atoms with Gasteiger partial charge in [-0.2, -0.15) is 11.8 Å². The summed E-state index contributed by atoms with van der Waals surface area (Å²) in [6, 6.07) is 0.